The maximum Gasteiger partial charge on any atom is 0.339 e. The van der Waals surface area contributed by atoms with Gasteiger partial charge in [-0.2, -0.15) is 0 Å². The van der Waals surface area contributed by atoms with Crippen LogP contribution in [0.15, 0.2) is 0 Å². The van der Waals surface area contributed by atoms with Crippen LogP contribution in [0.5, 0.6) is 0 Å². The molecule has 73 valence electrons. The Hall–Kier alpha value is -1.16. The van der Waals surface area contributed by atoms with E-state index in [9.17, 15) is 9.59 Å². The predicted molar refractivity (Wildman–Crippen MR) is 51.8 cm³/mol. The van der Waals surface area contributed by atoms with Gasteiger partial charge in [0.2, 0.25) is 0 Å². The third-order valence-electron chi connectivity index (χ3n) is 2.30. The van der Waals surface area contributed by atoms with E-state index < -0.39 is 5.97 Å². The minimum Gasteiger partial charge on any atom is -0.465 e. The van der Waals surface area contributed by atoms with Crippen molar-refractivity contribution in [1.82, 2.24) is 0 Å². The molecule has 4 heteroatoms. The smallest absolute Gasteiger partial charge is 0.339 e. The summed E-state index contributed by atoms with van der Waals surface area (Å²) in [4.78, 5) is 23.4. The lowest BCUT2D eigenvalue weighted by Gasteiger charge is -2.10. The molecule has 1 aromatic rings. The van der Waals surface area contributed by atoms with E-state index in [1.165, 1.54) is 18.4 Å². The van der Waals surface area contributed by atoms with Gasteiger partial charge in [0, 0.05) is 6.42 Å². The Morgan fingerprint density at radius 3 is 3.00 bits per heavy atom. The van der Waals surface area contributed by atoms with Crippen molar-refractivity contribution in [2.45, 2.75) is 19.3 Å². The van der Waals surface area contributed by atoms with Crippen LogP contribution in [0.1, 0.15) is 38.4 Å². The highest BCUT2D eigenvalue weighted by Crippen LogP contribution is 2.29. The van der Waals surface area contributed by atoms with Crippen LogP contribution in [0, 0.1) is 5.38 Å². The van der Waals surface area contributed by atoms with Gasteiger partial charge in [-0.25, -0.2) is 4.79 Å². The van der Waals surface area contributed by atoms with Crippen LogP contribution in [0.4, 0.5) is 0 Å². The van der Waals surface area contributed by atoms with Crippen molar-refractivity contribution in [3.63, 3.8) is 0 Å². The number of fused-ring (bicyclic) bond motifs is 1. The molecular weight excluding hydrogens is 200 g/mol. The lowest BCUT2D eigenvalue weighted by molar-refractivity contribution is 0.0599. The van der Waals surface area contributed by atoms with E-state index in [2.05, 4.69) is 10.1 Å². The lowest BCUT2D eigenvalue weighted by atomic mass is 9.95. The van der Waals surface area contributed by atoms with Gasteiger partial charge < -0.3 is 4.74 Å². The fourth-order valence-electron chi connectivity index (χ4n) is 1.61. The fraction of sp³-hybridized carbons (Fsp3) is 0.400. The zero-order valence-corrected chi connectivity index (χ0v) is 8.57. The lowest BCUT2D eigenvalue weighted by Crippen LogP contribution is -2.11. The molecule has 0 aliphatic heterocycles. The highest BCUT2D eigenvalue weighted by atomic mass is 32.1. The largest absolute Gasteiger partial charge is 0.465 e. The molecule has 3 nitrogen and oxygen atoms in total. The van der Waals surface area contributed by atoms with Crippen molar-refractivity contribution in [2.24, 2.45) is 0 Å². The first-order valence-electron chi connectivity index (χ1n) is 4.39. The highest BCUT2D eigenvalue weighted by Gasteiger charge is 2.25. The van der Waals surface area contributed by atoms with E-state index in [4.69, 9.17) is 0 Å². The van der Waals surface area contributed by atoms with Crippen molar-refractivity contribution in [3.05, 3.63) is 21.4 Å². The molecule has 1 heterocycles. The van der Waals surface area contributed by atoms with Crippen molar-refractivity contribution >= 4 is 23.1 Å². The normalized spacial score (nSPS) is 15.1. The van der Waals surface area contributed by atoms with Gasteiger partial charge in [0.05, 0.1) is 22.9 Å². The molecule has 1 aliphatic rings. The number of carbonyl (C=O) groups excluding carboxylic acids is 2. The summed E-state index contributed by atoms with van der Waals surface area (Å²) in [5.41, 5.74) is 1.28. The molecule has 0 spiro atoms. The summed E-state index contributed by atoms with van der Waals surface area (Å²) >= 11 is 1.23. The van der Waals surface area contributed by atoms with E-state index in [0.717, 1.165) is 18.4 Å². The molecule has 0 saturated carbocycles. The molecule has 0 atom stereocenters. The second-order valence-electron chi connectivity index (χ2n) is 3.16. The van der Waals surface area contributed by atoms with E-state index in [-0.39, 0.29) is 5.78 Å². The van der Waals surface area contributed by atoms with E-state index >= 15 is 0 Å². The first kappa shape index (κ1) is 9.40. The van der Waals surface area contributed by atoms with Gasteiger partial charge in [0.1, 0.15) is 0 Å². The minimum absolute atomic E-state index is 0.127. The summed E-state index contributed by atoms with van der Waals surface area (Å²) in [5.74, 6) is -0.264. The predicted octanol–water partition coefficient (Wildman–Crippen LogP) is 1.85. The molecule has 0 fully saturated rings. The van der Waals surface area contributed by atoms with Crippen LogP contribution in [0.3, 0.4) is 0 Å². The highest BCUT2D eigenvalue weighted by molar-refractivity contribution is 7.12. The number of ether oxygens (including phenoxy) is 1. The van der Waals surface area contributed by atoms with Crippen LogP contribution in [0.2, 0.25) is 0 Å². The average molecular weight is 209 g/mol. The number of methoxy groups -OCH3 is 1. The molecule has 0 amide bonds. The summed E-state index contributed by atoms with van der Waals surface area (Å²) in [7, 11) is 1.34. The Bertz CT molecular complexity index is 392. The van der Waals surface area contributed by atoms with Crippen molar-refractivity contribution in [1.29, 1.82) is 0 Å². The third-order valence-corrected chi connectivity index (χ3v) is 3.29. The monoisotopic (exact) mass is 209 g/mol. The van der Waals surface area contributed by atoms with Gasteiger partial charge in [-0.15, -0.1) is 11.3 Å². The Morgan fingerprint density at radius 1 is 1.50 bits per heavy atom. The van der Waals surface area contributed by atoms with E-state index in [1.807, 2.05) is 0 Å². The van der Waals surface area contributed by atoms with Gasteiger partial charge in [0.15, 0.2) is 5.78 Å². The van der Waals surface area contributed by atoms with Crippen LogP contribution in [-0.4, -0.2) is 18.9 Å². The van der Waals surface area contributed by atoms with E-state index in [1.54, 1.807) is 0 Å². The number of Topliss-reactive ketones (excluding diaryl/α,β-unsaturated/α-hetero) is 1. The van der Waals surface area contributed by atoms with Crippen LogP contribution in [-0.2, 0) is 11.2 Å². The van der Waals surface area contributed by atoms with Crippen LogP contribution < -0.4 is 0 Å². The van der Waals surface area contributed by atoms with Gasteiger partial charge in [-0.1, -0.05) is 0 Å². The molecule has 0 saturated heterocycles. The quantitative estimate of drug-likeness (QED) is 0.663. The SMILES string of the molecule is COC(=O)c1[c]sc2c1CCCC2=O. The summed E-state index contributed by atoms with van der Waals surface area (Å²) in [6.45, 7) is 0. The zero-order chi connectivity index (χ0) is 10.1. The average Bonchev–Trinajstić information content (AvgIpc) is 2.62. The molecule has 1 aliphatic carbocycles. The van der Waals surface area contributed by atoms with E-state index in [0.29, 0.717) is 16.9 Å². The zero-order valence-electron chi connectivity index (χ0n) is 7.75. The second kappa shape index (κ2) is 3.53. The topological polar surface area (TPSA) is 43.4 Å². The maximum absolute atomic E-state index is 11.4. The Balaban J connectivity index is 2.45. The van der Waals surface area contributed by atoms with Gasteiger partial charge >= 0.3 is 5.97 Å². The number of carbonyl (C=O) groups is 2. The Morgan fingerprint density at radius 2 is 2.29 bits per heavy atom. The maximum atomic E-state index is 11.4. The summed E-state index contributed by atoms with van der Waals surface area (Å²) in [5, 5.41) is 2.84. The first-order chi connectivity index (χ1) is 6.74. The summed E-state index contributed by atoms with van der Waals surface area (Å²) in [6, 6.07) is 0. The molecule has 1 radical (unpaired) electrons. The summed E-state index contributed by atoms with van der Waals surface area (Å²) < 4.78 is 4.62. The van der Waals surface area contributed by atoms with Crippen molar-refractivity contribution in [2.75, 3.05) is 7.11 Å². The Labute approximate surface area is 85.7 Å². The minimum atomic E-state index is -0.391. The molecule has 0 unspecified atom stereocenters. The number of esters is 1. The van der Waals surface area contributed by atoms with Gasteiger partial charge in [-0.3, -0.25) is 4.79 Å². The molecule has 0 bridgehead atoms. The standard InChI is InChI=1S/C10H9O3S/c1-13-10(12)7-5-14-9-6(7)3-2-4-8(9)11/h2-4H2,1H3. The Kier molecular flexibility index (Phi) is 2.37. The molecule has 0 aromatic carbocycles. The first-order valence-corrected chi connectivity index (χ1v) is 5.20. The van der Waals surface area contributed by atoms with Crippen LogP contribution in [0.25, 0.3) is 0 Å². The number of thiophene rings is 1. The molecule has 14 heavy (non-hydrogen) atoms. The van der Waals surface area contributed by atoms with Gasteiger partial charge in [0.25, 0.3) is 0 Å². The summed E-state index contributed by atoms with van der Waals surface area (Å²) in [6.07, 6.45) is 2.19. The number of rotatable bonds is 1. The van der Waals surface area contributed by atoms with Crippen LogP contribution >= 0.6 is 11.3 Å². The number of hydrogen-bond acceptors (Lipinski definition) is 4. The third kappa shape index (κ3) is 1.35. The van der Waals surface area contributed by atoms with Gasteiger partial charge in [-0.05, 0) is 18.4 Å². The molecule has 2 rings (SSSR count). The number of hydrogen-bond donors (Lipinski definition) is 0. The molecule has 0 N–H and O–H groups in total. The molecular formula is C10H9O3S. The fourth-order valence-corrected chi connectivity index (χ4v) is 2.56. The number of ketones is 1. The van der Waals surface area contributed by atoms with Crippen molar-refractivity contribution in [3.8, 4) is 0 Å². The second-order valence-corrected chi connectivity index (χ2v) is 3.97. The molecule has 1 aromatic heterocycles. The van der Waals surface area contributed by atoms with Crippen molar-refractivity contribution < 1.29 is 14.3 Å².